The minimum atomic E-state index is -0.786. The van der Waals surface area contributed by atoms with Crippen molar-refractivity contribution in [1.29, 1.82) is 0 Å². The smallest absolute Gasteiger partial charge is 0.303 e. The van der Waals surface area contributed by atoms with Crippen LogP contribution in [0.15, 0.2) is 30.5 Å². The second-order valence-corrected chi connectivity index (χ2v) is 12.5. The summed E-state index contributed by atoms with van der Waals surface area (Å²) in [6, 6.07) is 8.12. The molecular weight excluding hydrogens is 546 g/mol. The molecule has 0 aliphatic carbocycles. The number of hydrogen-bond acceptors (Lipinski definition) is 8. The first-order chi connectivity index (χ1) is 20.8. The molecule has 0 saturated carbocycles. The number of rotatable bonds is 22. The number of aliphatic carboxylic acids is 1. The van der Waals surface area contributed by atoms with Crippen LogP contribution < -0.4 is 10.1 Å². The molecule has 0 aromatic carbocycles. The number of fused-ring (bicyclic) bond motifs is 1. The van der Waals surface area contributed by atoms with E-state index in [9.17, 15) is 9.90 Å². The fourth-order valence-electron chi connectivity index (χ4n) is 5.00. The van der Waals surface area contributed by atoms with E-state index >= 15 is 0 Å². The Labute approximate surface area is 258 Å². The minimum Gasteiger partial charge on any atom is -0.481 e. The summed E-state index contributed by atoms with van der Waals surface area (Å²) >= 11 is 0. The average molecular weight is 600 g/mol. The molecule has 3 heterocycles. The molecule has 1 unspecified atom stereocenters. The first-order valence-electron chi connectivity index (χ1n) is 16.1. The first-order valence-corrected chi connectivity index (χ1v) is 16.1. The van der Waals surface area contributed by atoms with Crippen LogP contribution in [0.4, 0.5) is 5.82 Å². The van der Waals surface area contributed by atoms with Gasteiger partial charge in [0.15, 0.2) is 0 Å². The molecule has 0 radical (unpaired) electrons. The van der Waals surface area contributed by atoms with Crippen LogP contribution >= 0.6 is 0 Å². The molecule has 2 aromatic rings. The van der Waals surface area contributed by atoms with Gasteiger partial charge in [-0.3, -0.25) is 4.79 Å². The third-order valence-corrected chi connectivity index (χ3v) is 7.56. The zero-order chi connectivity index (χ0) is 30.8. The number of unbranched alkanes of at least 4 members (excludes halogenated alkanes) is 3. The molecule has 0 amide bonds. The van der Waals surface area contributed by atoms with Gasteiger partial charge in [-0.2, -0.15) is 0 Å². The second-order valence-electron chi connectivity index (χ2n) is 12.5. The van der Waals surface area contributed by atoms with E-state index in [0.717, 1.165) is 81.6 Å². The Hall–Kier alpha value is -2.75. The highest BCUT2D eigenvalue weighted by molar-refractivity contribution is 5.68. The van der Waals surface area contributed by atoms with Crippen LogP contribution in [0.25, 0.3) is 0 Å². The molecule has 2 aromatic heterocycles. The number of carboxylic acid groups (broad SMARTS) is 1. The monoisotopic (exact) mass is 599 g/mol. The highest BCUT2D eigenvalue weighted by atomic mass is 16.6. The maximum atomic E-state index is 11.5. The lowest BCUT2D eigenvalue weighted by Crippen LogP contribution is -2.14. The number of ether oxygens (including phenoxy) is 4. The number of aryl methyl sites for hydroxylation is 2. The van der Waals surface area contributed by atoms with Crippen LogP contribution in [0.3, 0.4) is 0 Å². The summed E-state index contributed by atoms with van der Waals surface area (Å²) in [6.07, 6.45) is 11.2. The number of nitrogens with zero attached hydrogens (tertiary/aromatic N) is 2. The van der Waals surface area contributed by atoms with E-state index in [1.165, 1.54) is 12.0 Å². The Balaban J connectivity index is 1.24. The number of carbonyl (C=O) groups is 1. The van der Waals surface area contributed by atoms with Gasteiger partial charge in [0.05, 0.1) is 39.5 Å². The number of nitrogens with one attached hydrogen (secondary N) is 1. The summed E-state index contributed by atoms with van der Waals surface area (Å²) in [4.78, 5) is 20.7. The van der Waals surface area contributed by atoms with E-state index in [2.05, 4.69) is 43.2 Å². The van der Waals surface area contributed by atoms with E-state index in [1.807, 2.05) is 12.1 Å². The van der Waals surface area contributed by atoms with Gasteiger partial charge in [0.2, 0.25) is 5.88 Å². The molecule has 0 spiro atoms. The fraction of sp³-hybridized carbons (Fsp3) is 0.676. The van der Waals surface area contributed by atoms with E-state index in [4.69, 9.17) is 23.9 Å². The second kappa shape index (κ2) is 19.5. The van der Waals surface area contributed by atoms with Crippen LogP contribution in [0.5, 0.6) is 5.88 Å². The summed E-state index contributed by atoms with van der Waals surface area (Å²) in [5.74, 6) is 0.728. The molecule has 9 heteroatoms. The molecule has 0 bridgehead atoms. The lowest BCUT2D eigenvalue weighted by Gasteiger charge is -2.17. The lowest BCUT2D eigenvalue weighted by molar-refractivity contribution is -0.137. The molecule has 1 aliphatic heterocycles. The zero-order valence-corrected chi connectivity index (χ0v) is 26.6. The van der Waals surface area contributed by atoms with Crippen molar-refractivity contribution in [3.05, 3.63) is 47.3 Å². The zero-order valence-electron chi connectivity index (χ0n) is 26.6. The van der Waals surface area contributed by atoms with Crippen molar-refractivity contribution in [2.75, 3.05) is 58.1 Å². The Morgan fingerprint density at radius 2 is 1.65 bits per heavy atom. The summed E-state index contributed by atoms with van der Waals surface area (Å²) in [7, 11) is 0. The quantitative estimate of drug-likeness (QED) is 0.147. The topological polar surface area (TPSA) is 112 Å². The molecule has 0 fully saturated rings. The number of aromatic nitrogens is 2. The van der Waals surface area contributed by atoms with Crippen molar-refractivity contribution in [2.24, 2.45) is 5.41 Å². The van der Waals surface area contributed by atoms with Crippen molar-refractivity contribution >= 4 is 11.8 Å². The van der Waals surface area contributed by atoms with Gasteiger partial charge in [0, 0.05) is 31.1 Å². The van der Waals surface area contributed by atoms with Crippen LogP contribution in [-0.2, 0) is 31.8 Å². The normalized spacial score (nSPS) is 13.7. The van der Waals surface area contributed by atoms with Gasteiger partial charge in [-0.15, -0.1) is 0 Å². The maximum Gasteiger partial charge on any atom is 0.303 e. The lowest BCUT2D eigenvalue weighted by atomic mass is 9.91. The maximum absolute atomic E-state index is 11.5. The molecule has 1 aliphatic rings. The highest BCUT2D eigenvalue weighted by Crippen LogP contribution is 2.27. The van der Waals surface area contributed by atoms with Gasteiger partial charge in [0.25, 0.3) is 0 Å². The molecule has 43 heavy (non-hydrogen) atoms. The first kappa shape index (κ1) is 34.7. The van der Waals surface area contributed by atoms with E-state index in [1.54, 1.807) is 6.20 Å². The van der Waals surface area contributed by atoms with Crippen LogP contribution in [0.2, 0.25) is 0 Å². The summed E-state index contributed by atoms with van der Waals surface area (Å²) in [5, 5.41) is 12.9. The molecule has 240 valence electrons. The van der Waals surface area contributed by atoms with Gasteiger partial charge in [-0.05, 0) is 67.1 Å². The van der Waals surface area contributed by atoms with Crippen molar-refractivity contribution in [2.45, 2.75) is 90.9 Å². The predicted molar refractivity (Wildman–Crippen MR) is 169 cm³/mol. The van der Waals surface area contributed by atoms with Gasteiger partial charge in [0.1, 0.15) is 12.4 Å². The van der Waals surface area contributed by atoms with E-state index < -0.39 is 5.97 Å². The van der Waals surface area contributed by atoms with Crippen molar-refractivity contribution in [3.8, 4) is 5.88 Å². The van der Waals surface area contributed by atoms with Gasteiger partial charge in [-0.25, -0.2) is 9.97 Å². The third-order valence-electron chi connectivity index (χ3n) is 7.56. The van der Waals surface area contributed by atoms with Gasteiger partial charge < -0.3 is 29.4 Å². The molecule has 9 nitrogen and oxygen atoms in total. The van der Waals surface area contributed by atoms with Gasteiger partial charge >= 0.3 is 5.97 Å². The van der Waals surface area contributed by atoms with Crippen LogP contribution in [0, 0.1) is 5.41 Å². The molecule has 1 atom stereocenters. The average Bonchev–Trinajstić information content (AvgIpc) is 2.98. The molecule has 2 N–H and O–H groups in total. The Bertz CT molecular complexity index is 1060. The third kappa shape index (κ3) is 15.0. The van der Waals surface area contributed by atoms with Crippen LogP contribution in [0.1, 0.15) is 94.9 Å². The summed E-state index contributed by atoms with van der Waals surface area (Å²) in [6.45, 7) is 11.4. The van der Waals surface area contributed by atoms with Crippen molar-refractivity contribution in [1.82, 2.24) is 9.97 Å². The van der Waals surface area contributed by atoms with E-state index in [-0.39, 0.29) is 17.8 Å². The minimum absolute atomic E-state index is 0.0559. The Morgan fingerprint density at radius 3 is 2.35 bits per heavy atom. The van der Waals surface area contributed by atoms with Crippen molar-refractivity contribution < 1.29 is 28.8 Å². The number of anilines is 1. The predicted octanol–water partition coefficient (Wildman–Crippen LogP) is 6.45. The Morgan fingerprint density at radius 1 is 0.930 bits per heavy atom. The van der Waals surface area contributed by atoms with Crippen molar-refractivity contribution in [3.63, 3.8) is 0 Å². The van der Waals surface area contributed by atoms with E-state index in [0.29, 0.717) is 45.5 Å². The number of carboxylic acids is 1. The molecular formula is C34H53N3O6. The number of hydrogen-bond donors (Lipinski definition) is 2. The summed E-state index contributed by atoms with van der Waals surface area (Å²) < 4.78 is 22.4. The number of pyridine rings is 2. The highest BCUT2D eigenvalue weighted by Gasteiger charge is 2.16. The standard InChI is InChI=1S/C34H53N3O6/c1-34(2,3)16-18-40-19-20-41-21-22-42-23-24-43-31-15-13-29(26-36-31)28(25-32(38)39)9-6-4-5-7-11-30-14-12-27-10-8-17-35-33(27)37-30/h12-15,26,28H,4-11,16-25H2,1-3H3,(H,35,37)(H,38,39). The Kier molecular flexibility index (Phi) is 15.8. The molecule has 0 saturated heterocycles. The largest absolute Gasteiger partial charge is 0.481 e. The molecule has 3 rings (SSSR count). The summed E-state index contributed by atoms with van der Waals surface area (Å²) in [5.41, 5.74) is 3.70. The van der Waals surface area contributed by atoms with Crippen LogP contribution in [-0.4, -0.2) is 73.8 Å². The fourth-order valence-corrected chi connectivity index (χ4v) is 5.00. The SMILES string of the molecule is CC(C)(C)CCOCCOCCOCCOc1ccc(C(CCCCCCc2ccc3c(n2)NCCC3)CC(=O)O)cn1. The van der Waals surface area contributed by atoms with Gasteiger partial charge in [-0.1, -0.05) is 52.2 Å².